The summed E-state index contributed by atoms with van der Waals surface area (Å²) in [5, 5.41) is 0. The molecule has 0 spiro atoms. The molecule has 1 aromatic carbocycles. The monoisotopic (exact) mass is 470 g/mol. The molecule has 2 amide bonds. The summed E-state index contributed by atoms with van der Waals surface area (Å²) in [5.41, 5.74) is -0.638. The number of hydrogen-bond acceptors (Lipinski definition) is 4. The number of rotatable bonds is 8. The summed E-state index contributed by atoms with van der Waals surface area (Å²) in [6.07, 6.45) is -3.70. The van der Waals surface area contributed by atoms with E-state index >= 15 is 0 Å². The van der Waals surface area contributed by atoms with Crippen LogP contribution < -0.4 is 0 Å². The lowest BCUT2D eigenvalue weighted by Crippen LogP contribution is -2.42. The minimum atomic E-state index is -4.46. The van der Waals surface area contributed by atoms with Gasteiger partial charge in [0.15, 0.2) is 6.61 Å². The third-order valence-electron chi connectivity index (χ3n) is 5.44. The van der Waals surface area contributed by atoms with Gasteiger partial charge in [-0.2, -0.15) is 13.2 Å². The lowest BCUT2D eigenvalue weighted by atomic mass is 9.96. The van der Waals surface area contributed by atoms with Gasteiger partial charge in [-0.05, 0) is 48.9 Å². The van der Waals surface area contributed by atoms with Gasteiger partial charge < -0.3 is 14.5 Å². The van der Waals surface area contributed by atoms with E-state index < -0.39 is 23.6 Å². The molecule has 0 aliphatic carbocycles. The summed E-state index contributed by atoms with van der Waals surface area (Å²) >= 11 is 0. The number of piperidine rings is 1. The van der Waals surface area contributed by atoms with Gasteiger partial charge in [-0.1, -0.05) is 27.7 Å². The van der Waals surface area contributed by atoms with Crippen molar-refractivity contribution in [3.05, 3.63) is 35.4 Å². The van der Waals surface area contributed by atoms with E-state index in [0.29, 0.717) is 50.9 Å². The van der Waals surface area contributed by atoms with Crippen LogP contribution in [0, 0.1) is 17.8 Å². The lowest BCUT2D eigenvalue weighted by Gasteiger charge is -2.31. The summed E-state index contributed by atoms with van der Waals surface area (Å²) < 4.78 is 43.4. The topological polar surface area (TPSA) is 66.9 Å². The van der Waals surface area contributed by atoms with Crippen molar-refractivity contribution in [3.8, 4) is 0 Å². The van der Waals surface area contributed by atoms with Gasteiger partial charge in [-0.25, -0.2) is 0 Å². The van der Waals surface area contributed by atoms with Gasteiger partial charge in [-0.15, -0.1) is 0 Å². The highest BCUT2D eigenvalue weighted by Gasteiger charge is 2.32. The number of ether oxygens (including phenoxy) is 1. The normalized spacial score (nSPS) is 15.1. The van der Waals surface area contributed by atoms with Crippen molar-refractivity contribution in [3.63, 3.8) is 0 Å². The van der Waals surface area contributed by atoms with Crippen molar-refractivity contribution in [2.75, 3.05) is 32.8 Å². The van der Waals surface area contributed by atoms with Crippen LogP contribution in [0.5, 0.6) is 0 Å². The molecule has 1 aromatic rings. The molecule has 0 unspecified atom stereocenters. The number of benzene rings is 1. The molecule has 0 radical (unpaired) electrons. The highest BCUT2D eigenvalue weighted by atomic mass is 19.4. The molecule has 184 valence electrons. The molecule has 2 rings (SSSR count). The zero-order valence-electron chi connectivity index (χ0n) is 19.7. The van der Waals surface area contributed by atoms with E-state index in [1.54, 1.807) is 4.90 Å². The average Bonchev–Trinajstić information content (AvgIpc) is 2.75. The first kappa shape index (κ1) is 26.7. The maximum Gasteiger partial charge on any atom is 0.416 e. The number of carbonyl (C=O) groups excluding carboxylic acids is 3. The van der Waals surface area contributed by atoms with Crippen LogP contribution in [0.3, 0.4) is 0 Å². The van der Waals surface area contributed by atoms with Crippen LogP contribution in [0.4, 0.5) is 13.2 Å². The minimum Gasteiger partial charge on any atom is -0.455 e. The number of amides is 2. The first-order valence-corrected chi connectivity index (χ1v) is 11.3. The Morgan fingerprint density at radius 2 is 1.52 bits per heavy atom. The Hall–Kier alpha value is -2.58. The smallest absolute Gasteiger partial charge is 0.416 e. The number of esters is 1. The molecule has 0 aromatic heterocycles. The van der Waals surface area contributed by atoms with E-state index in [1.165, 1.54) is 4.90 Å². The Morgan fingerprint density at radius 1 is 1.00 bits per heavy atom. The van der Waals surface area contributed by atoms with Crippen molar-refractivity contribution in [1.29, 1.82) is 0 Å². The van der Waals surface area contributed by atoms with E-state index in [4.69, 9.17) is 4.74 Å². The van der Waals surface area contributed by atoms with Crippen molar-refractivity contribution in [1.82, 2.24) is 9.80 Å². The van der Waals surface area contributed by atoms with Crippen molar-refractivity contribution >= 4 is 17.8 Å². The van der Waals surface area contributed by atoms with E-state index in [-0.39, 0.29) is 24.0 Å². The summed E-state index contributed by atoms with van der Waals surface area (Å²) in [6.45, 7) is 9.55. The molecule has 9 heteroatoms. The van der Waals surface area contributed by atoms with Crippen LogP contribution in [0.1, 0.15) is 56.5 Å². The highest BCUT2D eigenvalue weighted by Crippen LogP contribution is 2.29. The number of hydrogen-bond donors (Lipinski definition) is 0. The Balaban J connectivity index is 1.84. The second kappa shape index (κ2) is 11.5. The molecule has 0 N–H and O–H groups in total. The van der Waals surface area contributed by atoms with Gasteiger partial charge in [0.25, 0.3) is 11.8 Å². The van der Waals surface area contributed by atoms with Crippen LogP contribution >= 0.6 is 0 Å². The zero-order valence-corrected chi connectivity index (χ0v) is 19.7. The van der Waals surface area contributed by atoms with Crippen molar-refractivity contribution in [2.45, 2.75) is 46.7 Å². The predicted octanol–water partition coefficient (Wildman–Crippen LogP) is 4.24. The SMILES string of the molecule is CC(C)CN(CC(C)C)C(=O)COC(=O)C1CCN(C(=O)c2ccc(C(F)(F)F)cc2)CC1. The number of halogens is 3. The summed E-state index contributed by atoms with van der Waals surface area (Å²) in [4.78, 5) is 40.8. The van der Waals surface area contributed by atoms with Gasteiger partial charge in [0.1, 0.15) is 0 Å². The standard InChI is InChI=1S/C24H33F3N2O4/c1-16(2)13-29(14-17(3)4)21(30)15-33-23(32)19-9-11-28(12-10-19)22(31)18-5-7-20(8-6-18)24(25,26)27/h5-8,16-17,19H,9-15H2,1-4H3. The molecule has 0 bridgehead atoms. The molecular weight excluding hydrogens is 437 g/mol. The van der Waals surface area contributed by atoms with Crippen molar-refractivity contribution in [2.24, 2.45) is 17.8 Å². The van der Waals surface area contributed by atoms with Crippen molar-refractivity contribution < 1.29 is 32.3 Å². The zero-order chi connectivity index (χ0) is 24.8. The van der Waals surface area contributed by atoms with Gasteiger partial charge >= 0.3 is 12.1 Å². The Labute approximate surface area is 193 Å². The molecule has 0 saturated carbocycles. The summed E-state index contributed by atoms with van der Waals surface area (Å²) in [6, 6.07) is 4.10. The first-order valence-electron chi connectivity index (χ1n) is 11.3. The first-order chi connectivity index (χ1) is 15.4. The van der Waals surface area contributed by atoms with Crippen LogP contribution in [0.15, 0.2) is 24.3 Å². The predicted molar refractivity (Wildman–Crippen MR) is 117 cm³/mol. The summed E-state index contributed by atoms with van der Waals surface area (Å²) in [7, 11) is 0. The fraction of sp³-hybridized carbons (Fsp3) is 0.625. The molecule has 1 fully saturated rings. The van der Waals surface area contributed by atoms with E-state index in [2.05, 4.69) is 0 Å². The molecule has 33 heavy (non-hydrogen) atoms. The molecule has 1 aliphatic rings. The number of likely N-dealkylation sites (tertiary alicyclic amines) is 1. The highest BCUT2D eigenvalue weighted by molar-refractivity contribution is 5.94. The molecule has 6 nitrogen and oxygen atoms in total. The molecule has 1 aliphatic heterocycles. The third kappa shape index (κ3) is 8.05. The molecule has 0 atom stereocenters. The molecule has 1 heterocycles. The van der Waals surface area contributed by atoms with Crippen LogP contribution in [0.2, 0.25) is 0 Å². The fourth-order valence-corrected chi connectivity index (χ4v) is 3.80. The maximum absolute atomic E-state index is 12.7. The Bertz CT molecular complexity index is 804. The molecular formula is C24H33F3N2O4. The van der Waals surface area contributed by atoms with E-state index in [1.807, 2.05) is 27.7 Å². The van der Waals surface area contributed by atoms with Gasteiger partial charge in [-0.3, -0.25) is 14.4 Å². The van der Waals surface area contributed by atoms with Crippen LogP contribution in [-0.2, 0) is 20.5 Å². The quantitative estimate of drug-likeness (QED) is 0.533. The van der Waals surface area contributed by atoms with Gasteiger partial charge in [0.2, 0.25) is 0 Å². The largest absolute Gasteiger partial charge is 0.455 e. The van der Waals surface area contributed by atoms with E-state index in [0.717, 1.165) is 24.3 Å². The minimum absolute atomic E-state index is 0.171. The second-order valence-corrected chi connectivity index (χ2v) is 9.34. The number of alkyl halides is 3. The average molecular weight is 471 g/mol. The lowest BCUT2D eigenvalue weighted by molar-refractivity contribution is -0.157. The van der Waals surface area contributed by atoms with Gasteiger partial charge in [0, 0.05) is 31.7 Å². The number of nitrogens with zero attached hydrogens (tertiary/aromatic N) is 2. The second-order valence-electron chi connectivity index (χ2n) is 9.34. The van der Waals surface area contributed by atoms with E-state index in [9.17, 15) is 27.6 Å². The molecule has 1 saturated heterocycles. The Morgan fingerprint density at radius 3 is 1.97 bits per heavy atom. The summed E-state index contributed by atoms with van der Waals surface area (Å²) in [5.74, 6) is -0.869. The van der Waals surface area contributed by atoms with Crippen LogP contribution in [0.25, 0.3) is 0 Å². The number of carbonyl (C=O) groups is 3. The fourth-order valence-electron chi connectivity index (χ4n) is 3.80. The third-order valence-corrected chi connectivity index (χ3v) is 5.44. The van der Waals surface area contributed by atoms with Gasteiger partial charge in [0.05, 0.1) is 11.5 Å². The maximum atomic E-state index is 12.7. The van der Waals surface area contributed by atoms with Crippen LogP contribution in [-0.4, -0.2) is 60.4 Å². The Kier molecular flexibility index (Phi) is 9.31.